The van der Waals surface area contributed by atoms with Crippen molar-refractivity contribution in [3.05, 3.63) is 174 Å². The lowest BCUT2D eigenvalue weighted by Crippen LogP contribution is -2.04. The maximum atomic E-state index is 12.7. The van der Waals surface area contributed by atoms with Gasteiger partial charge in [0.1, 0.15) is 23.3 Å². The highest BCUT2D eigenvalue weighted by molar-refractivity contribution is 6.08. The number of aryl methyl sites for hydroxylation is 5. The summed E-state index contributed by atoms with van der Waals surface area (Å²) >= 11 is 0. The molecule has 0 N–H and O–H groups in total. The molecule has 9 heteroatoms. The molecule has 0 amide bonds. The second-order valence-corrected chi connectivity index (χ2v) is 14.8. The van der Waals surface area contributed by atoms with Crippen LogP contribution in [-0.4, -0.2) is 4.57 Å². The first-order valence-corrected chi connectivity index (χ1v) is 18.7. The zero-order valence-electron chi connectivity index (χ0n) is 34.4. The zero-order valence-corrected chi connectivity index (χ0v) is 34.4. The van der Waals surface area contributed by atoms with E-state index in [4.69, 9.17) is 21.0 Å². The number of benzene rings is 6. The minimum Gasteiger partial charge on any atom is -0.344 e. The smallest absolute Gasteiger partial charge is 0.181 e. The van der Waals surface area contributed by atoms with Crippen molar-refractivity contribution < 1.29 is 17.6 Å². The maximum Gasteiger partial charge on any atom is 0.181 e. The molecule has 0 fully saturated rings. The van der Waals surface area contributed by atoms with Gasteiger partial charge in [0.25, 0.3) is 0 Å². The number of hydrogen-bond acceptors (Lipinski definition) is 4. The van der Waals surface area contributed by atoms with Gasteiger partial charge in [0.2, 0.25) is 0 Å². The van der Waals surface area contributed by atoms with Crippen LogP contribution in [0, 0.1) is 124 Å². The third-order valence-corrected chi connectivity index (χ3v) is 10.9. The quantitative estimate of drug-likeness (QED) is 0.113. The number of fused-ring (bicyclic) bond motifs is 6. The molecule has 1 aliphatic rings. The minimum absolute atomic E-state index is 0.707. The van der Waals surface area contributed by atoms with Gasteiger partial charge in [-0.3, -0.25) is 0 Å². The largest absolute Gasteiger partial charge is 0.344 e. The summed E-state index contributed by atoms with van der Waals surface area (Å²) in [4.78, 5) is 0. The van der Waals surface area contributed by atoms with Crippen LogP contribution >= 0.6 is 0 Å². The second-order valence-electron chi connectivity index (χ2n) is 14.8. The van der Waals surface area contributed by atoms with E-state index in [9.17, 15) is 17.6 Å². The summed E-state index contributed by atoms with van der Waals surface area (Å²) in [5.41, 5.74) is 16.1. The van der Waals surface area contributed by atoms with E-state index in [0.717, 1.165) is 40.8 Å². The Hall–Kier alpha value is -7.20. The van der Waals surface area contributed by atoms with E-state index in [1.807, 2.05) is 27.7 Å². The topological polar surface area (TPSA) is 100 Å². The molecule has 0 unspecified atom stereocenters. The summed E-state index contributed by atoms with van der Waals surface area (Å²) in [7, 11) is 2.13. The fourth-order valence-corrected chi connectivity index (χ4v) is 7.32. The summed E-state index contributed by atoms with van der Waals surface area (Å²) in [6.07, 6.45) is 1.10. The van der Waals surface area contributed by atoms with Crippen LogP contribution in [-0.2, 0) is 13.5 Å². The lowest BCUT2D eigenvalue weighted by molar-refractivity contribution is 0.446. The Balaban J connectivity index is 0.000000150. The normalized spacial score (nSPS) is 10.7. The molecule has 0 radical (unpaired) electrons. The van der Waals surface area contributed by atoms with Crippen LogP contribution in [0.3, 0.4) is 0 Å². The standard InChI is InChI=1S/C15H15N.C15H14.C12H12N2.C8F4N2/c1-10-4-6-14-12(8-10)13-9-11(2)5-7-15(13)16(14)3;1-10-3-5-12-9-13-6-4-11(2)8-15(13)14(12)7-10;1-7-8(2)12(6-14)10(4)9(3)11(7)5-13;9-5-3(1-13)6(10)8(12)4(2-14)7(5)11/h4-9H,1-3H3;3-8H,9H2,1-2H3;1-4H3;. The molecular formula is C50H41F4N5. The Labute approximate surface area is 342 Å². The van der Waals surface area contributed by atoms with Gasteiger partial charge in [-0.15, -0.1) is 0 Å². The van der Waals surface area contributed by atoms with Crippen molar-refractivity contribution in [1.82, 2.24) is 4.57 Å². The highest BCUT2D eigenvalue weighted by Crippen LogP contribution is 2.37. The molecule has 0 bridgehead atoms. The first kappa shape index (κ1) is 42.9. The number of hydrogen-bond donors (Lipinski definition) is 0. The molecule has 8 rings (SSSR count). The van der Waals surface area contributed by atoms with Gasteiger partial charge in [-0.25, -0.2) is 17.6 Å². The fourth-order valence-electron chi connectivity index (χ4n) is 7.32. The Bertz CT molecular complexity index is 2650. The van der Waals surface area contributed by atoms with E-state index in [1.165, 1.54) is 66.3 Å². The second kappa shape index (κ2) is 17.5. The highest BCUT2D eigenvalue weighted by Gasteiger charge is 2.25. The van der Waals surface area contributed by atoms with Crippen LogP contribution in [0.1, 0.15) is 77.9 Å². The molecule has 7 aromatic rings. The highest BCUT2D eigenvalue weighted by atomic mass is 19.2. The predicted molar refractivity (Wildman–Crippen MR) is 225 cm³/mol. The Kier molecular flexibility index (Phi) is 12.7. The first-order valence-electron chi connectivity index (χ1n) is 18.7. The van der Waals surface area contributed by atoms with Crippen molar-refractivity contribution in [1.29, 1.82) is 21.0 Å². The molecule has 0 spiro atoms. The molecule has 0 saturated carbocycles. The van der Waals surface area contributed by atoms with E-state index in [2.05, 4.69) is 124 Å². The third kappa shape index (κ3) is 8.29. The van der Waals surface area contributed by atoms with Gasteiger partial charge in [0.15, 0.2) is 23.3 Å². The number of aromatic nitrogens is 1. The summed E-state index contributed by atoms with van der Waals surface area (Å²) in [5.74, 6) is -7.43. The Morgan fingerprint density at radius 3 is 1.02 bits per heavy atom. The molecule has 0 aliphatic heterocycles. The number of nitriles is 4. The van der Waals surface area contributed by atoms with Gasteiger partial charge < -0.3 is 4.57 Å². The third-order valence-electron chi connectivity index (χ3n) is 10.9. The van der Waals surface area contributed by atoms with Gasteiger partial charge in [-0.1, -0.05) is 70.8 Å². The summed E-state index contributed by atoms with van der Waals surface area (Å²) in [5, 5.41) is 37.0. The lowest BCUT2D eigenvalue weighted by Gasteiger charge is -2.12. The van der Waals surface area contributed by atoms with E-state index in [1.54, 1.807) is 0 Å². The van der Waals surface area contributed by atoms with Crippen LogP contribution in [0.2, 0.25) is 0 Å². The van der Waals surface area contributed by atoms with Gasteiger partial charge in [-0.05, 0) is 131 Å². The molecule has 5 nitrogen and oxygen atoms in total. The minimum atomic E-state index is -1.86. The molecule has 1 aromatic heterocycles. The van der Waals surface area contributed by atoms with E-state index < -0.39 is 34.4 Å². The number of halogens is 4. The maximum absolute atomic E-state index is 12.7. The van der Waals surface area contributed by atoms with Crippen molar-refractivity contribution in [2.24, 2.45) is 7.05 Å². The Morgan fingerprint density at radius 2 is 0.712 bits per heavy atom. The molecular weight excluding hydrogens is 747 g/mol. The van der Waals surface area contributed by atoms with Crippen LogP contribution in [0.15, 0.2) is 72.8 Å². The molecule has 294 valence electrons. The average molecular weight is 788 g/mol. The summed E-state index contributed by atoms with van der Waals surface area (Å²) in [6.45, 7) is 16.2. The molecule has 59 heavy (non-hydrogen) atoms. The molecule has 1 aliphatic carbocycles. The monoisotopic (exact) mass is 787 g/mol. The summed E-state index contributed by atoms with van der Waals surface area (Å²) in [6, 6.07) is 33.2. The molecule has 1 heterocycles. The van der Waals surface area contributed by atoms with Crippen molar-refractivity contribution in [2.45, 2.75) is 61.8 Å². The van der Waals surface area contributed by atoms with Gasteiger partial charge >= 0.3 is 0 Å². The van der Waals surface area contributed by atoms with E-state index >= 15 is 0 Å². The number of rotatable bonds is 0. The number of nitrogens with zero attached hydrogens (tertiary/aromatic N) is 5. The zero-order chi connectivity index (χ0) is 43.5. The van der Waals surface area contributed by atoms with Gasteiger partial charge in [-0.2, -0.15) is 21.0 Å². The van der Waals surface area contributed by atoms with Crippen LogP contribution < -0.4 is 0 Å². The van der Waals surface area contributed by atoms with E-state index in [-0.39, 0.29) is 0 Å². The molecule has 0 saturated heterocycles. The van der Waals surface area contributed by atoms with Crippen molar-refractivity contribution >= 4 is 21.8 Å². The Morgan fingerprint density at radius 1 is 0.424 bits per heavy atom. The average Bonchev–Trinajstić information content (AvgIpc) is 3.70. The fraction of sp³-hybridized carbons (Fsp3) is 0.200. The van der Waals surface area contributed by atoms with Crippen molar-refractivity contribution in [2.75, 3.05) is 0 Å². The predicted octanol–water partition coefficient (Wildman–Crippen LogP) is 12.5. The molecule has 0 atom stereocenters. The summed E-state index contributed by atoms with van der Waals surface area (Å²) < 4.78 is 53.2. The lowest BCUT2D eigenvalue weighted by atomic mass is 9.90. The van der Waals surface area contributed by atoms with E-state index in [0.29, 0.717) is 11.1 Å². The van der Waals surface area contributed by atoms with Crippen molar-refractivity contribution in [3.63, 3.8) is 0 Å². The van der Waals surface area contributed by atoms with Crippen LogP contribution in [0.5, 0.6) is 0 Å². The first-order chi connectivity index (χ1) is 28.0. The van der Waals surface area contributed by atoms with Gasteiger partial charge in [0.05, 0.1) is 23.3 Å². The molecule has 6 aromatic carbocycles. The van der Waals surface area contributed by atoms with Crippen molar-refractivity contribution in [3.8, 4) is 35.4 Å². The van der Waals surface area contributed by atoms with Gasteiger partial charge in [0, 0.05) is 28.9 Å². The SMILES string of the molecule is Cc1c(C)c(C#N)c(C)c(C)c1C#N.Cc1ccc2c(c1)-c1cc(C)ccc1C2.Cc1ccc2c(c1)c1cc(C)ccc1n2C.N#Cc1c(F)c(F)c(C#N)c(F)c1F. The van der Waals surface area contributed by atoms with Crippen LogP contribution in [0.4, 0.5) is 17.6 Å². The van der Waals surface area contributed by atoms with Crippen LogP contribution in [0.25, 0.3) is 32.9 Å².